The molecule has 1 aromatic carbocycles. The number of halogens is 2. The van der Waals surface area contributed by atoms with Crippen LogP contribution in [0.25, 0.3) is 0 Å². The van der Waals surface area contributed by atoms with Gasteiger partial charge in [0.25, 0.3) is 5.91 Å². The van der Waals surface area contributed by atoms with Crippen molar-refractivity contribution in [3.05, 3.63) is 27.7 Å². The molecule has 0 saturated heterocycles. The number of carbonyl (C=O) groups excluding carboxylic acids is 1. The van der Waals surface area contributed by atoms with Crippen LogP contribution in [0.3, 0.4) is 0 Å². The van der Waals surface area contributed by atoms with E-state index in [-0.39, 0.29) is 27.9 Å². The highest BCUT2D eigenvalue weighted by atomic mass is 35.5. The van der Waals surface area contributed by atoms with Crippen molar-refractivity contribution in [2.75, 3.05) is 18.6 Å². The highest BCUT2D eigenvalue weighted by Crippen LogP contribution is 2.30. The van der Waals surface area contributed by atoms with Crippen LogP contribution in [0.2, 0.25) is 10.0 Å². The lowest BCUT2D eigenvalue weighted by molar-refractivity contribution is 0.0956. The summed E-state index contributed by atoms with van der Waals surface area (Å²) in [6.07, 6.45) is 1.03. The first kappa shape index (κ1) is 18.2. The van der Waals surface area contributed by atoms with Gasteiger partial charge in [-0.3, -0.25) is 4.79 Å². The molecule has 1 aromatic rings. The number of primary sulfonamides is 1. The van der Waals surface area contributed by atoms with Crippen LogP contribution in [0.1, 0.15) is 10.4 Å². The number of hydrogen-bond acceptors (Lipinski definition) is 5. The van der Waals surface area contributed by atoms with Gasteiger partial charge in [-0.05, 0) is 12.1 Å². The molecule has 0 radical (unpaired) electrons. The molecule has 0 fully saturated rings. The van der Waals surface area contributed by atoms with E-state index >= 15 is 0 Å². The van der Waals surface area contributed by atoms with Crippen molar-refractivity contribution < 1.29 is 21.6 Å². The summed E-state index contributed by atoms with van der Waals surface area (Å²) in [5.74, 6) is -0.940. The molecule has 7 nitrogen and oxygen atoms in total. The Morgan fingerprint density at radius 1 is 1.24 bits per heavy atom. The summed E-state index contributed by atoms with van der Waals surface area (Å²) >= 11 is 11.5. The number of sulfone groups is 1. The molecule has 11 heteroatoms. The number of sulfonamides is 1. The average Bonchev–Trinajstić information content (AvgIpc) is 2.29. The quantitative estimate of drug-likeness (QED) is 0.772. The van der Waals surface area contributed by atoms with Crippen LogP contribution in [-0.4, -0.2) is 41.3 Å². The molecule has 118 valence electrons. The third-order valence-electron chi connectivity index (χ3n) is 2.32. The van der Waals surface area contributed by atoms with Crippen LogP contribution in [0.15, 0.2) is 17.0 Å². The average molecular weight is 375 g/mol. The Hall–Kier alpha value is -0.870. The molecule has 0 heterocycles. The Labute approximate surface area is 132 Å². The molecule has 0 aliphatic heterocycles. The molecule has 0 aliphatic rings. The second-order valence-electron chi connectivity index (χ2n) is 4.20. The molecule has 0 aliphatic carbocycles. The van der Waals surface area contributed by atoms with E-state index in [4.69, 9.17) is 28.3 Å². The number of rotatable bonds is 5. The SMILES string of the molecule is CS(=O)(=O)CCNC(=O)c1cc(Cl)c(Cl)c(S(N)(=O)=O)c1. The standard InChI is InChI=1S/C10H12Cl2N2O5S2/c1-20(16,17)3-2-14-10(15)6-4-7(11)9(12)8(5-6)21(13,18)19/h4-5H,2-3H2,1H3,(H,14,15)(H2,13,18,19). The topological polar surface area (TPSA) is 123 Å². The fraction of sp³-hybridized carbons (Fsp3) is 0.300. The van der Waals surface area contributed by atoms with E-state index in [9.17, 15) is 21.6 Å². The van der Waals surface area contributed by atoms with Gasteiger partial charge in [-0.2, -0.15) is 0 Å². The summed E-state index contributed by atoms with van der Waals surface area (Å²) in [6, 6.07) is 2.13. The molecule has 1 amide bonds. The summed E-state index contributed by atoms with van der Waals surface area (Å²) in [5, 5.41) is 6.85. The van der Waals surface area contributed by atoms with Gasteiger partial charge in [0, 0.05) is 18.4 Å². The van der Waals surface area contributed by atoms with Crippen molar-refractivity contribution >= 4 is 49.0 Å². The highest BCUT2D eigenvalue weighted by molar-refractivity contribution is 7.90. The van der Waals surface area contributed by atoms with Crippen molar-refractivity contribution in [3.63, 3.8) is 0 Å². The van der Waals surface area contributed by atoms with E-state index in [0.717, 1.165) is 18.4 Å². The van der Waals surface area contributed by atoms with Gasteiger partial charge in [-0.15, -0.1) is 0 Å². The van der Waals surface area contributed by atoms with Gasteiger partial charge in [0.2, 0.25) is 10.0 Å². The number of hydrogen-bond donors (Lipinski definition) is 2. The van der Waals surface area contributed by atoms with Crippen molar-refractivity contribution in [1.82, 2.24) is 5.32 Å². The Bertz CT molecular complexity index is 775. The van der Waals surface area contributed by atoms with E-state index < -0.39 is 30.7 Å². The van der Waals surface area contributed by atoms with Crippen LogP contribution < -0.4 is 10.5 Å². The predicted octanol–water partition coefficient (Wildman–Crippen LogP) is 0.415. The maximum Gasteiger partial charge on any atom is 0.251 e. The first-order valence-corrected chi connectivity index (χ1v) is 9.76. The van der Waals surface area contributed by atoms with Gasteiger partial charge >= 0.3 is 0 Å². The molecule has 0 atom stereocenters. The zero-order chi connectivity index (χ0) is 16.4. The fourth-order valence-corrected chi connectivity index (χ4v) is 3.18. The van der Waals surface area contributed by atoms with E-state index in [2.05, 4.69) is 5.32 Å². The second-order valence-corrected chi connectivity index (χ2v) is 8.78. The molecular weight excluding hydrogens is 363 g/mol. The zero-order valence-corrected chi connectivity index (χ0v) is 13.9. The van der Waals surface area contributed by atoms with Crippen LogP contribution in [0.5, 0.6) is 0 Å². The summed E-state index contributed by atoms with van der Waals surface area (Å²) in [7, 11) is -7.37. The van der Waals surface area contributed by atoms with Gasteiger partial charge in [-0.1, -0.05) is 23.2 Å². The first-order chi connectivity index (χ1) is 9.42. The lowest BCUT2D eigenvalue weighted by Gasteiger charge is -2.09. The minimum Gasteiger partial charge on any atom is -0.351 e. The number of nitrogens with one attached hydrogen (secondary N) is 1. The maximum absolute atomic E-state index is 11.8. The lowest BCUT2D eigenvalue weighted by atomic mass is 10.2. The van der Waals surface area contributed by atoms with Crippen LogP contribution in [-0.2, 0) is 19.9 Å². The molecule has 0 unspecified atom stereocenters. The number of carbonyl (C=O) groups is 1. The molecule has 21 heavy (non-hydrogen) atoms. The first-order valence-electron chi connectivity index (χ1n) is 5.39. The Balaban J connectivity index is 3.04. The number of amides is 1. The van der Waals surface area contributed by atoms with Crippen LogP contribution in [0.4, 0.5) is 0 Å². The van der Waals surface area contributed by atoms with E-state index in [1.165, 1.54) is 0 Å². The monoisotopic (exact) mass is 374 g/mol. The smallest absolute Gasteiger partial charge is 0.251 e. The Kier molecular flexibility index (Phi) is 5.62. The Morgan fingerprint density at radius 3 is 2.29 bits per heavy atom. The third kappa shape index (κ3) is 5.44. The van der Waals surface area contributed by atoms with Gasteiger partial charge in [0.15, 0.2) is 0 Å². The molecule has 0 bridgehead atoms. The largest absolute Gasteiger partial charge is 0.351 e. The third-order valence-corrected chi connectivity index (χ3v) is 5.12. The van der Waals surface area contributed by atoms with Gasteiger partial charge in [0.05, 0.1) is 15.8 Å². The fourth-order valence-electron chi connectivity index (χ4n) is 1.35. The molecule has 0 aromatic heterocycles. The van der Waals surface area contributed by atoms with Crippen LogP contribution >= 0.6 is 23.2 Å². The number of benzene rings is 1. The highest BCUT2D eigenvalue weighted by Gasteiger charge is 2.19. The zero-order valence-electron chi connectivity index (χ0n) is 10.8. The van der Waals surface area contributed by atoms with Crippen molar-refractivity contribution in [3.8, 4) is 0 Å². The van der Waals surface area contributed by atoms with E-state index in [0.29, 0.717) is 0 Å². The molecule has 1 rings (SSSR count). The lowest BCUT2D eigenvalue weighted by Crippen LogP contribution is -2.29. The van der Waals surface area contributed by atoms with Crippen molar-refractivity contribution in [1.29, 1.82) is 0 Å². The normalized spacial score (nSPS) is 12.2. The van der Waals surface area contributed by atoms with E-state index in [1.807, 2.05) is 0 Å². The van der Waals surface area contributed by atoms with Crippen LogP contribution in [0, 0.1) is 0 Å². The molecule has 0 saturated carbocycles. The predicted molar refractivity (Wildman–Crippen MR) is 79.9 cm³/mol. The Morgan fingerprint density at radius 2 is 1.81 bits per heavy atom. The van der Waals surface area contributed by atoms with Crippen molar-refractivity contribution in [2.24, 2.45) is 5.14 Å². The van der Waals surface area contributed by atoms with Gasteiger partial charge < -0.3 is 5.32 Å². The minimum absolute atomic E-state index is 0.0954. The van der Waals surface area contributed by atoms with Gasteiger partial charge in [0.1, 0.15) is 14.7 Å². The molecule has 3 N–H and O–H groups in total. The minimum atomic E-state index is -4.15. The number of nitrogens with two attached hydrogens (primary N) is 1. The maximum atomic E-state index is 11.8. The molecule has 0 spiro atoms. The summed E-state index contributed by atoms with van der Waals surface area (Å²) < 4.78 is 44.6. The summed E-state index contributed by atoms with van der Waals surface area (Å²) in [5.41, 5.74) is -0.0954. The second kappa shape index (κ2) is 6.49. The van der Waals surface area contributed by atoms with Crippen molar-refractivity contribution in [2.45, 2.75) is 4.90 Å². The van der Waals surface area contributed by atoms with Gasteiger partial charge in [-0.25, -0.2) is 22.0 Å². The van der Waals surface area contributed by atoms with E-state index in [1.54, 1.807) is 0 Å². The molecular formula is C10H12Cl2N2O5S2. The summed E-state index contributed by atoms with van der Waals surface area (Å²) in [6.45, 7) is -0.122. The summed E-state index contributed by atoms with van der Waals surface area (Å²) in [4.78, 5) is 11.3.